The fraction of sp³-hybridized carbons (Fsp3) is 0.500. The number of aromatic hydroxyl groups is 1. The van der Waals surface area contributed by atoms with Crippen molar-refractivity contribution in [3.8, 4) is 5.75 Å². The first-order valence-corrected chi connectivity index (χ1v) is 7.52. The van der Waals surface area contributed by atoms with Gasteiger partial charge in [-0.05, 0) is 41.7 Å². The molecule has 2 atom stereocenters. The second kappa shape index (κ2) is 8.68. The van der Waals surface area contributed by atoms with Crippen LogP contribution in [0.4, 0.5) is 0 Å². The Hall–Kier alpha value is -1.54. The SMILES string of the molecule is CCC(=C=CC[C@@H](O)c1ccc(O)cc1)C[C@@H](O)C(C)C. The van der Waals surface area contributed by atoms with Crippen molar-refractivity contribution in [1.82, 2.24) is 0 Å². The molecule has 0 fully saturated rings. The van der Waals surface area contributed by atoms with E-state index in [4.69, 9.17) is 0 Å². The second-order valence-corrected chi connectivity index (χ2v) is 5.66. The molecule has 0 radical (unpaired) electrons. The van der Waals surface area contributed by atoms with Crippen LogP contribution in [0.3, 0.4) is 0 Å². The Morgan fingerprint density at radius 2 is 1.81 bits per heavy atom. The number of hydrogen-bond donors (Lipinski definition) is 3. The van der Waals surface area contributed by atoms with E-state index in [1.807, 2.05) is 26.8 Å². The highest BCUT2D eigenvalue weighted by atomic mass is 16.3. The zero-order valence-electron chi connectivity index (χ0n) is 13.1. The van der Waals surface area contributed by atoms with Gasteiger partial charge in [-0.1, -0.05) is 32.9 Å². The van der Waals surface area contributed by atoms with Gasteiger partial charge in [0, 0.05) is 12.8 Å². The Bertz CT molecular complexity index is 482. The third-order valence-corrected chi connectivity index (χ3v) is 3.58. The van der Waals surface area contributed by atoms with Gasteiger partial charge in [0.15, 0.2) is 0 Å². The Kier molecular flexibility index (Phi) is 7.24. The summed E-state index contributed by atoms with van der Waals surface area (Å²) < 4.78 is 0. The zero-order chi connectivity index (χ0) is 15.8. The molecule has 3 nitrogen and oxygen atoms in total. The minimum atomic E-state index is -0.605. The van der Waals surface area contributed by atoms with E-state index in [2.05, 4.69) is 5.73 Å². The van der Waals surface area contributed by atoms with E-state index in [0.717, 1.165) is 17.6 Å². The molecule has 0 amide bonds. The Balaban J connectivity index is 2.65. The van der Waals surface area contributed by atoms with Crippen molar-refractivity contribution in [2.45, 2.75) is 52.2 Å². The summed E-state index contributed by atoms with van der Waals surface area (Å²) in [5.74, 6) is 0.424. The van der Waals surface area contributed by atoms with E-state index in [1.165, 1.54) is 0 Å². The number of aliphatic hydroxyl groups is 2. The fourth-order valence-electron chi connectivity index (χ4n) is 1.94. The Morgan fingerprint density at radius 3 is 2.33 bits per heavy atom. The van der Waals surface area contributed by atoms with Crippen LogP contribution in [-0.4, -0.2) is 21.4 Å². The molecular weight excluding hydrogens is 264 g/mol. The lowest BCUT2D eigenvalue weighted by atomic mass is 9.98. The predicted octanol–water partition coefficient (Wildman–Crippen LogP) is 3.71. The van der Waals surface area contributed by atoms with Crippen molar-refractivity contribution in [3.05, 3.63) is 47.2 Å². The number of hydrogen-bond acceptors (Lipinski definition) is 3. The summed E-state index contributed by atoms with van der Waals surface area (Å²) in [7, 11) is 0. The number of phenols is 1. The molecule has 21 heavy (non-hydrogen) atoms. The van der Waals surface area contributed by atoms with Gasteiger partial charge in [0.25, 0.3) is 0 Å². The van der Waals surface area contributed by atoms with Crippen LogP contribution < -0.4 is 0 Å². The smallest absolute Gasteiger partial charge is 0.115 e. The summed E-state index contributed by atoms with van der Waals surface area (Å²) in [6.45, 7) is 6.03. The lowest BCUT2D eigenvalue weighted by Gasteiger charge is -2.14. The van der Waals surface area contributed by atoms with Crippen molar-refractivity contribution in [1.29, 1.82) is 0 Å². The summed E-state index contributed by atoms with van der Waals surface area (Å²) in [6, 6.07) is 6.55. The largest absolute Gasteiger partial charge is 0.508 e. The Labute approximate surface area is 127 Å². The molecule has 0 aliphatic carbocycles. The van der Waals surface area contributed by atoms with E-state index in [-0.39, 0.29) is 17.8 Å². The normalized spacial score (nSPS) is 13.6. The maximum Gasteiger partial charge on any atom is 0.115 e. The molecule has 0 aliphatic rings. The van der Waals surface area contributed by atoms with Gasteiger partial charge in [0.05, 0.1) is 12.2 Å². The molecule has 1 aromatic rings. The maximum atomic E-state index is 10.1. The molecule has 116 valence electrons. The molecule has 0 saturated carbocycles. The summed E-state index contributed by atoms with van der Waals surface area (Å²) in [5, 5.41) is 29.2. The third-order valence-electron chi connectivity index (χ3n) is 3.58. The molecule has 1 aromatic carbocycles. The first-order chi connectivity index (χ1) is 9.93. The van der Waals surface area contributed by atoms with Gasteiger partial charge in [-0.25, -0.2) is 0 Å². The van der Waals surface area contributed by atoms with Crippen molar-refractivity contribution in [3.63, 3.8) is 0 Å². The van der Waals surface area contributed by atoms with Crippen LogP contribution in [0.15, 0.2) is 41.6 Å². The summed E-state index contributed by atoms with van der Waals surface area (Å²) in [5.41, 5.74) is 5.02. The highest BCUT2D eigenvalue weighted by Gasteiger charge is 2.10. The molecule has 0 saturated heterocycles. The average molecular weight is 290 g/mol. The first-order valence-electron chi connectivity index (χ1n) is 7.52. The van der Waals surface area contributed by atoms with Crippen LogP contribution in [0, 0.1) is 5.92 Å². The minimum Gasteiger partial charge on any atom is -0.508 e. The van der Waals surface area contributed by atoms with Crippen LogP contribution in [0.5, 0.6) is 5.75 Å². The molecule has 3 N–H and O–H groups in total. The van der Waals surface area contributed by atoms with Gasteiger partial charge in [-0.3, -0.25) is 0 Å². The van der Waals surface area contributed by atoms with Crippen molar-refractivity contribution in [2.75, 3.05) is 0 Å². The number of aliphatic hydroxyl groups excluding tert-OH is 2. The summed E-state index contributed by atoms with van der Waals surface area (Å²) in [6.07, 6.45) is 2.81. The van der Waals surface area contributed by atoms with E-state index in [0.29, 0.717) is 12.8 Å². The number of benzene rings is 1. The third kappa shape index (κ3) is 6.17. The van der Waals surface area contributed by atoms with Crippen molar-refractivity contribution < 1.29 is 15.3 Å². The van der Waals surface area contributed by atoms with Gasteiger partial charge in [-0.2, -0.15) is 0 Å². The second-order valence-electron chi connectivity index (χ2n) is 5.66. The standard InChI is InChI=1S/C18H26O3/c1-4-14(12-18(21)13(2)3)6-5-7-17(20)15-8-10-16(19)11-9-15/h5,8-11,13,17-21H,4,7,12H2,1-3H3/t6?,17-,18-/m1/s1. The fourth-order valence-corrected chi connectivity index (χ4v) is 1.94. The van der Waals surface area contributed by atoms with Gasteiger partial charge < -0.3 is 15.3 Å². The number of rotatable bonds is 7. The van der Waals surface area contributed by atoms with Gasteiger partial charge in [-0.15, -0.1) is 5.73 Å². The molecular formula is C18H26O3. The Morgan fingerprint density at radius 1 is 1.19 bits per heavy atom. The topological polar surface area (TPSA) is 60.7 Å². The monoisotopic (exact) mass is 290 g/mol. The maximum absolute atomic E-state index is 10.1. The van der Waals surface area contributed by atoms with Crippen LogP contribution in [0.1, 0.15) is 51.7 Å². The predicted molar refractivity (Wildman–Crippen MR) is 85.0 cm³/mol. The summed E-state index contributed by atoms with van der Waals surface area (Å²) >= 11 is 0. The van der Waals surface area contributed by atoms with E-state index >= 15 is 0 Å². The lowest BCUT2D eigenvalue weighted by Crippen LogP contribution is -2.14. The van der Waals surface area contributed by atoms with Gasteiger partial charge in [0.2, 0.25) is 0 Å². The molecule has 0 bridgehead atoms. The highest BCUT2D eigenvalue weighted by Crippen LogP contribution is 2.20. The molecule has 0 unspecified atom stereocenters. The first kappa shape index (κ1) is 17.5. The van der Waals surface area contributed by atoms with E-state index in [9.17, 15) is 15.3 Å². The molecule has 0 aromatic heterocycles. The van der Waals surface area contributed by atoms with Crippen LogP contribution in [0.25, 0.3) is 0 Å². The molecule has 0 heterocycles. The number of phenolic OH excluding ortho intramolecular Hbond substituents is 1. The summed E-state index contributed by atoms with van der Waals surface area (Å²) in [4.78, 5) is 0. The molecule has 1 rings (SSSR count). The van der Waals surface area contributed by atoms with E-state index in [1.54, 1.807) is 24.3 Å². The van der Waals surface area contributed by atoms with Crippen molar-refractivity contribution >= 4 is 0 Å². The molecule has 0 aliphatic heterocycles. The lowest BCUT2D eigenvalue weighted by molar-refractivity contribution is 0.125. The zero-order valence-corrected chi connectivity index (χ0v) is 13.1. The van der Waals surface area contributed by atoms with Crippen LogP contribution >= 0.6 is 0 Å². The van der Waals surface area contributed by atoms with Crippen LogP contribution in [0.2, 0.25) is 0 Å². The van der Waals surface area contributed by atoms with Crippen LogP contribution in [-0.2, 0) is 0 Å². The van der Waals surface area contributed by atoms with Gasteiger partial charge in [0.1, 0.15) is 5.75 Å². The van der Waals surface area contributed by atoms with Crippen molar-refractivity contribution in [2.24, 2.45) is 5.92 Å². The van der Waals surface area contributed by atoms with Gasteiger partial charge >= 0.3 is 0 Å². The molecule has 0 spiro atoms. The average Bonchev–Trinajstić information content (AvgIpc) is 2.46. The quantitative estimate of drug-likeness (QED) is 0.671. The highest BCUT2D eigenvalue weighted by molar-refractivity contribution is 5.27. The van der Waals surface area contributed by atoms with E-state index < -0.39 is 6.10 Å². The molecule has 3 heteroatoms. The minimum absolute atomic E-state index is 0.192.